The molecule has 0 amide bonds. The van der Waals surface area contributed by atoms with Gasteiger partial charge in [0.05, 0.1) is 19.8 Å². The molecule has 0 spiro atoms. The Bertz CT molecular complexity index is 1490. The van der Waals surface area contributed by atoms with Gasteiger partial charge in [0, 0.05) is 17.7 Å². The van der Waals surface area contributed by atoms with Crippen LogP contribution >= 0.6 is 0 Å². The van der Waals surface area contributed by atoms with Gasteiger partial charge >= 0.3 is 0 Å². The molecule has 43 heavy (non-hydrogen) atoms. The van der Waals surface area contributed by atoms with Crippen LogP contribution in [0.15, 0.2) is 45.6 Å². The molecule has 3 heterocycles. The van der Waals surface area contributed by atoms with Crippen molar-refractivity contribution in [2.24, 2.45) is 0 Å². The van der Waals surface area contributed by atoms with Gasteiger partial charge < -0.3 is 69.0 Å². The molecular formula is C28H32O15. The van der Waals surface area contributed by atoms with Gasteiger partial charge in [-0.25, -0.2) is 0 Å². The van der Waals surface area contributed by atoms with Gasteiger partial charge in [-0.3, -0.25) is 4.79 Å². The van der Waals surface area contributed by atoms with Crippen molar-refractivity contribution in [1.29, 1.82) is 0 Å². The zero-order valence-corrected chi connectivity index (χ0v) is 22.9. The molecule has 5 rings (SSSR count). The molecule has 2 aliphatic rings. The number of aromatic hydroxyl groups is 2. The summed E-state index contributed by atoms with van der Waals surface area (Å²) in [7, 11) is 1.23. The third-order valence-electron chi connectivity index (χ3n) is 7.45. The summed E-state index contributed by atoms with van der Waals surface area (Å²) in [5.41, 5.74) is -0.275. The number of phenolic OH excluding ortho intramolecular Hbond substituents is 2. The Morgan fingerprint density at radius 1 is 0.860 bits per heavy atom. The summed E-state index contributed by atoms with van der Waals surface area (Å²) in [6, 6.07) is 8.24. The summed E-state index contributed by atoms with van der Waals surface area (Å²) in [5.74, 6) is -1.01. The molecule has 2 saturated heterocycles. The Kier molecular flexibility index (Phi) is 8.80. The molecule has 3 aromatic rings. The number of methoxy groups -OCH3 is 1. The van der Waals surface area contributed by atoms with Gasteiger partial charge in [0.2, 0.25) is 12.0 Å². The van der Waals surface area contributed by atoms with Crippen molar-refractivity contribution in [3.05, 3.63) is 46.6 Å². The molecule has 0 radical (unpaired) electrons. The van der Waals surface area contributed by atoms with E-state index < -0.39 is 84.9 Å². The average Bonchev–Trinajstić information content (AvgIpc) is 2.98. The van der Waals surface area contributed by atoms with Crippen LogP contribution in [0.5, 0.6) is 23.0 Å². The molecule has 8 N–H and O–H groups in total. The summed E-state index contributed by atoms with van der Waals surface area (Å²) < 4.78 is 33.3. The molecule has 0 unspecified atom stereocenters. The fourth-order valence-electron chi connectivity index (χ4n) is 5.02. The van der Waals surface area contributed by atoms with E-state index in [4.69, 9.17) is 28.1 Å². The van der Waals surface area contributed by atoms with E-state index in [1.54, 1.807) is 0 Å². The Labute approximate surface area is 243 Å². The first-order valence-corrected chi connectivity index (χ1v) is 13.3. The Hall–Kier alpha value is -3.51. The maximum atomic E-state index is 12.8. The molecule has 2 aliphatic heterocycles. The molecule has 15 nitrogen and oxygen atoms in total. The number of fused-ring (bicyclic) bond motifs is 1. The molecule has 2 fully saturated rings. The van der Waals surface area contributed by atoms with Crippen molar-refractivity contribution < 1.29 is 69.0 Å². The van der Waals surface area contributed by atoms with Crippen LogP contribution in [0.3, 0.4) is 0 Å². The average molecular weight is 609 g/mol. The van der Waals surface area contributed by atoms with Crippen molar-refractivity contribution in [2.45, 2.75) is 68.3 Å². The maximum Gasteiger partial charge on any atom is 0.229 e. The van der Waals surface area contributed by atoms with E-state index in [1.165, 1.54) is 38.3 Å². The van der Waals surface area contributed by atoms with Crippen molar-refractivity contribution in [3.63, 3.8) is 0 Å². The van der Waals surface area contributed by atoms with Crippen LogP contribution in [0.25, 0.3) is 22.3 Å². The van der Waals surface area contributed by atoms with Crippen molar-refractivity contribution >= 4 is 11.0 Å². The van der Waals surface area contributed by atoms with Crippen LogP contribution < -0.4 is 14.9 Å². The van der Waals surface area contributed by atoms with E-state index in [2.05, 4.69) is 0 Å². The van der Waals surface area contributed by atoms with E-state index in [0.717, 1.165) is 12.1 Å². The minimum absolute atomic E-state index is 0.0871. The molecule has 0 bridgehead atoms. The number of benzene rings is 2. The topological polar surface area (TPSA) is 238 Å². The highest BCUT2D eigenvalue weighted by Crippen LogP contribution is 2.41. The second-order valence-electron chi connectivity index (χ2n) is 10.3. The molecule has 10 atom stereocenters. The summed E-state index contributed by atoms with van der Waals surface area (Å²) >= 11 is 0. The van der Waals surface area contributed by atoms with Gasteiger partial charge in [0.25, 0.3) is 0 Å². The SMILES string of the molecule is COc1c(O)cc2oc(-c3ccc(O[C@@H]4O[C@H](CO)[C@@H](O)[C@H](O)[C@H]4O[C@@H]4O[C@@H](C)[C@H](O)[C@@H](O)[C@H]4O)cc3)cc(=O)c2c1O. The molecule has 0 saturated carbocycles. The highest BCUT2D eigenvalue weighted by atomic mass is 16.8. The summed E-state index contributed by atoms with van der Waals surface area (Å²) in [6.07, 6.45) is -14.8. The molecule has 234 valence electrons. The summed E-state index contributed by atoms with van der Waals surface area (Å²) in [4.78, 5) is 12.8. The van der Waals surface area contributed by atoms with E-state index in [-0.39, 0.29) is 28.2 Å². The third-order valence-corrected chi connectivity index (χ3v) is 7.45. The maximum absolute atomic E-state index is 12.8. The highest BCUT2D eigenvalue weighted by Gasteiger charge is 2.50. The lowest BCUT2D eigenvalue weighted by Crippen LogP contribution is -2.64. The van der Waals surface area contributed by atoms with Gasteiger partial charge in [0.1, 0.15) is 59.1 Å². The molecule has 15 heteroatoms. The zero-order valence-electron chi connectivity index (χ0n) is 22.9. The fraction of sp³-hybridized carbons (Fsp3) is 0.464. The van der Waals surface area contributed by atoms with Crippen LogP contribution in [0.2, 0.25) is 0 Å². The predicted octanol–water partition coefficient (Wildman–Crippen LogP) is -1.09. The Balaban J connectivity index is 1.39. The quantitative estimate of drug-likeness (QED) is 0.159. The number of aliphatic hydroxyl groups is 6. The van der Waals surface area contributed by atoms with Gasteiger partial charge in [-0.15, -0.1) is 0 Å². The van der Waals surface area contributed by atoms with Crippen molar-refractivity contribution in [1.82, 2.24) is 0 Å². The largest absolute Gasteiger partial charge is 0.504 e. The lowest BCUT2D eigenvalue weighted by Gasteiger charge is -2.45. The van der Waals surface area contributed by atoms with E-state index in [9.17, 15) is 45.6 Å². The first-order valence-electron chi connectivity index (χ1n) is 13.3. The monoisotopic (exact) mass is 608 g/mol. The van der Waals surface area contributed by atoms with Gasteiger partial charge in [0.15, 0.2) is 29.3 Å². The van der Waals surface area contributed by atoms with Crippen molar-refractivity contribution in [2.75, 3.05) is 13.7 Å². The fourth-order valence-corrected chi connectivity index (χ4v) is 5.02. The number of phenols is 2. The number of ether oxygens (including phenoxy) is 5. The molecule has 2 aromatic carbocycles. The third kappa shape index (κ3) is 5.74. The van der Waals surface area contributed by atoms with Crippen LogP contribution in [-0.4, -0.2) is 116 Å². The van der Waals surface area contributed by atoms with Gasteiger partial charge in [-0.2, -0.15) is 0 Å². The van der Waals surface area contributed by atoms with Crippen LogP contribution in [0.4, 0.5) is 0 Å². The molecule has 1 aromatic heterocycles. The van der Waals surface area contributed by atoms with Gasteiger partial charge in [-0.05, 0) is 31.2 Å². The van der Waals surface area contributed by atoms with E-state index >= 15 is 0 Å². The number of rotatable bonds is 7. The second-order valence-corrected chi connectivity index (χ2v) is 10.3. The van der Waals surface area contributed by atoms with Crippen LogP contribution in [0.1, 0.15) is 6.92 Å². The van der Waals surface area contributed by atoms with E-state index in [0.29, 0.717) is 5.56 Å². The Morgan fingerprint density at radius 3 is 2.21 bits per heavy atom. The second kappa shape index (κ2) is 12.2. The number of hydrogen-bond acceptors (Lipinski definition) is 15. The van der Waals surface area contributed by atoms with Crippen LogP contribution in [-0.2, 0) is 14.2 Å². The minimum atomic E-state index is -1.72. The summed E-state index contributed by atoms with van der Waals surface area (Å²) in [6.45, 7) is 0.766. The molecule has 0 aliphatic carbocycles. The van der Waals surface area contributed by atoms with Crippen molar-refractivity contribution in [3.8, 4) is 34.3 Å². The predicted molar refractivity (Wildman–Crippen MR) is 143 cm³/mol. The lowest BCUT2D eigenvalue weighted by molar-refractivity contribution is -0.354. The van der Waals surface area contributed by atoms with Gasteiger partial charge in [-0.1, -0.05) is 0 Å². The molecular weight excluding hydrogens is 576 g/mol. The number of hydrogen-bond donors (Lipinski definition) is 8. The lowest BCUT2D eigenvalue weighted by atomic mass is 9.97. The first kappa shape index (κ1) is 30.9. The smallest absolute Gasteiger partial charge is 0.229 e. The first-order chi connectivity index (χ1) is 20.4. The van der Waals surface area contributed by atoms with E-state index in [1.807, 2.05) is 0 Å². The van der Waals surface area contributed by atoms with Crippen LogP contribution in [0, 0.1) is 0 Å². The summed E-state index contributed by atoms with van der Waals surface area (Å²) in [5, 5.41) is 81.6. The zero-order chi connectivity index (χ0) is 31.2. The Morgan fingerprint density at radius 2 is 1.56 bits per heavy atom. The standard InChI is InChI=1S/C28H32O15/c1-10-19(32)22(35)24(37)27(39-10)43-26-23(36)20(33)17(9-29)42-28(26)40-12-5-3-11(4-6-12)15-7-13(30)18-16(41-15)8-14(31)25(38-2)21(18)34/h3-8,10,17,19-20,22-24,26-29,31-37H,9H2,1-2H3/t10-,17+,19-,20+,22+,23-,24+,26+,27-,28+/m0/s1. The normalized spacial score (nSPS) is 32.9. The number of aliphatic hydroxyl groups excluding tert-OH is 6. The highest BCUT2D eigenvalue weighted by molar-refractivity contribution is 5.89. The minimum Gasteiger partial charge on any atom is -0.504 e.